The number of amides is 1. The quantitative estimate of drug-likeness (QED) is 0.774. The first-order valence-corrected chi connectivity index (χ1v) is 9.41. The van der Waals surface area contributed by atoms with Gasteiger partial charge in [0.25, 0.3) is 5.56 Å². The summed E-state index contributed by atoms with van der Waals surface area (Å²) in [5.41, 5.74) is 2.58. The van der Waals surface area contributed by atoms with Crippen molar-refractivity contribution >= 4 is 16.9 Å². The first kappa shape index (κ1) is 17.4. The number of fused-ring (bicyclic) bond motifs is 1. The van der Waals surface area contributed by atoms with Crippen LogP contribution in [0.5, 0.6) is 0 Å². The molecule has 0 aliphatic carbocycles. The van der Waals surface area contributed by atoms with Gasteiger partial charge in [-0.1, -0.05) is 18.2 Å². The molecule has 1 amide bonds. The van der Waals surface area contributed by atoms with E-state index in [2.05, 4.69) is 15.0 Å². The summed E-state index contributed by atoms with van der Waals surface area (Å²) >= 11 is 0. The standard InChI is InChI=1S/C21H22N4O2/c26-20(25-14-6-4-10-19(25)17-9-3-5-13-22-17)12-11-18-21(27)24-16-8-2-1-7-15(16)23-18/h1-3,5,7-9,13,19H,4,6,10-12,14H2,(H,24,27). The van der Waals surface area contributed by atoms with Crippen molar-refractivity contribution in [2.45, 2.75) is 38.1 Å². The Bertz CT molecular complexity index is 1000. The molecule has 1 saturated heterocycles. The zero-order chi connectivity index (χ0) is 18.6. The van der Waals surface area contributed by atoms with E-state index in [0.717, 1.165) is 37.0 Å². The van der Waals surface area contributed by atoms with Crippen LogP contribution in [0.2, 0.25) is 0 Å². The molecule has 6 heteroatoms. The van der Waals surface area contributed by atoms with Crippen LogP contribution in [-0.4, -0.2) is 32.3 Å². The van der Waals surface area contributed by atoms with E-state index in [1.807, 2.05) is 47.4 Å². The predicted octanol–water partition coefficient (Wildman–Crippen LogP) is 3.00. The lowest BCUT2D eigenvalue weighted by atomic mass is 9.98. The maximum Gasteiger partial charge on any atom is 0.270 e. The van der Waals surface area contributed by atoms with Crippen molar-refractivity contribution in [2.24, 2.45) is 0 Å². The molecule has 1 aromatic carbocycles. The fourth-order valence-electron chi connectivity index (χ4n) is 3.72. The van der Waals surface area contributed by atoms with Gasteiger partial charge in [0.1, 0.15) is 5.69 Å². The summed E-state index contributed by atoms with van der Waals surface area (Å²) < 4.78 is 0. The topological polar surface area (TPSA) is 79.0 Å². The van der Waals surface area contributed by atoms with Gasteiger partial charge in [-0.3, -0.25) is 14.6 Å². The zero-order valence-corrected chi connectivity index (χ0v) is 15.1. The Morgan fingerprint density at radius 3 is 2.85 bits per heavy atom. The van der Waals surface area contributed by atoms with Gasteiger partial charge in [0, 0.05) is 25.6 Å². The van der Waals surface area contributed by atoms with Gasteiger partial charge < -0.3 is 9.88 Å². The van der Waals surface area contributed by atoms with Gasteiger partial charge in [-0.2, -0.15) is 0 Å². The van der Waals surface area contributed by atoms with Crippen LogP contribution in [-0.2, 0) is 11.2 Å². The number of aromatic amines is 1. The van der Waals surface area contributed by atoms with Crippen LogP contribution < -0.4 is 5.56 Å². The van der Waals surface area contributed by atoms with E-state index in [1.165, 1.54) is 0 Å². The minimum Gasteiger partial charge on any atom is -0.334 e. The highest BCUT2D eigenvalue weighted by molar-refractivity contribution is 5.77. The molecule has 0 radical (unpaired) electrons. The molecule has 0 spiro atoms. The number of hydrogen-bond acceptors (Lipinski definition) is 4. The van der Waals surface area contributed by atoms with Crippen molar-refractivity contribution in [3.05, 3.63) is 70.4 Å². The smallest absolute Gasteiger partial charge is 0.270 e. The molecule has 1 aliphatic rings. The number of aromatic nitrogens is 3. The fourth-order valence-corrected chi connectivity index (χ4v) is 3.72. The Labute approximate surface area is 157 Å². The van der Waals surface area contributed by atoms with Gasteiger partial charge in [0.2, 0.25) is 5.91 Å². The number of carbonyl (C=O) groups excluding carboxylic acids is 1. The predicted molar refractivity (Wildman–Crippen MR) is 103 cm³/mol. The monoisotopic (exact) mass is 362 g/mol. The molecular weight excluding hydrogens is 340 g/mol. The molecular formula is C21H22N4O2. The Balaban J connectivity index is 1.50. The molecule has 1 fully saturated rings. The number of rotatable bonds is 4. The van der Waals surface area contributed by atoms with E-state index < -0.39 is 0 Å². The third-order valence-electron chi connectivity index (χ3n) is 5.10. The molecule has 1 N–H and O–H groups in total. The SMILES string of the molecule is O=C(CCc1nc2ccccc2[nH]c1=O)N1CCCCC1c1ccccn1. The maximum atomic E-state index is 12.9. The first-order chi connectivity index (χ1) is 13.2. The van der Waals surface area contributed by atoms with Gasteiger partial charge in [0.05, 0.1) is 22.8 Å². The number of aryl methyl sites for hydroxylation is 1. The average molecular weight is 362 g/mol. The summed E-state index contributed by atoms with van der Waals surface area (Å²) in [4.78, 5) is 38.8. The van der Waals surface area contributed by atoms with Crippen LogP contribution in [0, 0.1) is 0 Å². The number of pyridine rings is 1. The minimum absolute atomic E-state index is 0.0234. The van der Waals surface area contributed by atoms with Crippen LogP contribution in [0.25, 0.3) is 11.0 Å². The Morgan fingerprint density at radius 2 is 2.00 bits per heavy atom. The number of nitrogens with zero attached hydrogens (tertiary/aromatic N) is 3. The number of benzene rings is 1. The molecule has 2 aromatic heterocycles. The molecule has 138 valence electrons. The average Bonchev–Trinajstić information content (AvgIpc) is 2.72. The molecule has 4 rings (SSSR count). The molecule has 6 nitrogen and oxygen atoms in total. The van der Waals surface area contributed by atoms with Crippen LogP contribution in [0.4, 0.5) is 0 Å². The van der Waals surface area contributed by atoms with Gasteiger partial charge in [-0.25, -0.2) is 4.98 Å². The van der Waals surface area contributed by atoms with E-state index in [-0.39, 0.29) is 23.9 Å². The summed E-state index contributed by atoms with van der Waals surface area (Å²) in [7, 11) is 0. The number of H-pyrrole nitrogens is 1. The third-order valence-corrected chi connectivity index (χ3v) is 5.10. The van der Waals surface area contributed by atoms with E-state index in [0.29, 0.717) is 17.6 Å². The number of piperidine rings is 1. The van der Waals surface area contributed by atoms with Gasteiger partial charge in [-0.05, 0) is 43.5 Å². The Hall–Kier alpha value is -3.02. The van der Waals surface area contributed by atoms with E-state index in [9.17, 15) is 9.59 Å². The van der Waals surface area contributed by atoms with Gasteiger partial charge >= 0.3 is 0 Å². The third kappa shape index (κ3) is 3.74. The number of hydrogen-bond donors (Lipinski definition) is 1. The van der Waals surface area contributed by atoms with E-state index in [4.69, 9.17) is 0 Å². The van der Waals surface area contributed by atoms with Crippen LogP contribution in [0.15, 0.2) is 53.5 Å². The van der Waals surface area contributed by atoms with Crippen molar-refractivity contribution in [1.29, 1.82) is 0 Å². The van der Waals surface area contributed by atoms with E-state index >= 15 is 0 Å². The minimum atomic E-state index is -0.221. The summed E-state index contributed by atoms with van der Waals surface area (Å²) in [5.74, 6) is 0.0553. The van der Waals surface area contributed by atoms with Crippen LogP contribution in [0.3, 0.4) is 0 Å². The highest BCUT2D eigenvalue weighted by atomic mass is 16.2. The molecule has 0 bridgehead atoms. The molecule has 3 aromatic rings. The summed E-state index contributed by atoms with van der Waals surface area (Å²) in [6, 6.07) is 13.3. The highest BCUT2D eigenvalue weighted by Gasteiger charge is 2.28. The lowest BCUT2D eigenvalue weighted by molar-refractivity contribution is -0.135. The number of para-hydroxylation sites is 2. The van der Waals surface area contributed by atoms with Crippen LogP contribution >= 0.6 is 0 Å². The lowest BCUT2D eigenvalue weighted by Crippen LogP contribution is -2.39. The second-order valence-corrected chi connectivity index (χ2v) is 6.88. The van der Waals surface area contributed by atoms with Crippen molar-refractivity contribution in [3.63, 3.8) is 0 Å². The van der Waals surface area contributed by atoms with Gasteiger partial charge in [-0.15, -0.1) is 0 Å². The van der Waals surface area contributed by atoms with Crippen molar-refractivity contribution in [1.82, 2.24) is 19.9 Å². The van der Waals surface area contributed by atoms with Crippen molar-refractivity contribution < 1.29 is 4.79 Å². The molecule has 1 unspecified atom stereocenters. The Kier molecular flexibility index (Phi) is 4.96. The number of likely N-dealkylation sites (tertiary alicyclic amines) is 1. The van der Waals surface area contributed by atoms with Gasteiger partial charge in [0.15, 0.2) is 0 Å². The normalized spacial score (nSPS) is 17.2. The molecule has 1 aliphatic heterocycles. The molecule has 3 heterocycles. The second-order valence-electron chi connectivity index (χ2n) is 6.88. The molecule has 1 atom stereocenters. The Morgan fingerprint density at radius 1 is 1.15 bits per heavy atom. The van der Waals surface area contributed by atoms with Crippen molar-refractivity contribution in [3.8, 4) is 0 Å². The number of nitrogens with one attached hydrogen (secondary N) is 1. The number of carbonyl (C=O) groups is 1. The summed E-state index contributed by atoms with van der Waals surface area (Å²) in [6.45, 7) is 0.738. The highest BCUT2D eigenvalue weighted by Crippen LogP contribution is 2.30. The second kappa shape index (κ2) is 7.70. The zero-order valence-electron chi connectivity index (χ0n) is 15.1. The maximum absolute atomic E-state index is 12.9. The van der Waals surface area contributed by atoms with Crippen LogP contribution in [0.1, 0.15) is 43.1 Å². The molecule has 0 saturated carbocycles. The lowest BCUT2D eigenvalue weighted by Gasteiger charge is -2.35. The first-order valence-electron chi connectivity index (χ1n) is 9.41. The largest absolute Gasteiger partial charge is 0.334 e. The van der Waals surface area contributed by atoms with Crippen molar-refractivity contribution in [2.75, 3.05) is 6.54 Å². The molecule has 27 heavy (non-hydrogen) atoms. The summed E-state index contributed by atoms with van der Waals surface area (Å²) in [5, 5.41) is 0. The fraction of sp³-hybridized carbons (Fsp3) is 0.333. The summed E-state index contributed by atoms with van der Waals surface area (Å²) in [6.07, 6.45) is 5.41. The van der Waals surface area contributed by atoms with E-state index in [1.54, 1.807) is 6.20 Å².